The van der Waals surface area contributed by atoms with Crippen molar-refractivity contribution in [2.75, 3.05) is 39.3 Å². The summed E-state index contributed by atoms with van der Waals surface area (Å²) in [6, 6.07) is 5.86. The quantitative estimate of drug-likeness (QED) is 0.722. The fourth-order valence-electron chi connectivity index (χ4n) is 1.97. The molecule has 1 heterocycles. The molecule has 0 fully saturated rings. The number of thioether (sulfide) groups is 1. The Morgan fingerprint density at radius 1 is 1.10 bits per heavy atom. The van der Waals surface area contributed by atoms with Crippen molar-refractivity contribution >= 4 is 17.3 Å². The molecule has 1 aromatic rings. The first-order chi connectivity index (χ1) is 9.85. The van der Waals surface area contributed by atoms with Crippen molar-refractivity contribution in [1.29, 1.82) is 0 Å². The molecule has 0 unspecified atom stereocenters. The van der Waals surface area contributed by atoms with E-state index in [4.69, 9.17) is 18.9 Å². The third-order valence-electron chi connectivity index (χ3n) is 2.89. The van der Waals surface area contributed by atoms with E-state index in [1.54, 1.807) is 14.2 Å². The van der Waals surface area contributed by atoms with Crippen molar-refractivity contribution in [2.45, 2.75) is 6.42 Å². The van der Waals surface area contributed by atoms with E-state index in [2.05, 4.69) is 6.08 Å². The van der Waals surface area contributed by atoms with Crippen molar-refractivity contribution < 1.29 is 18.9 Å². The maximum atomic E-state index is 5.67. The van der Waals surface area contributed by atoms with E-state index >= 15 is 0 Å². The van der Waals surface area contributed by atoms with Gasteiger partial charge < -0.3 is 18.9 Å². The second-order valence-electron chi connectivity index (χ2n) is 4.33. The van der Waals surface area contributed by atoms with Crippen LogP contribution in [0.1, 0.15) is 12.0 Å². The van der Waals surface area contributed by atoms with Crippen LogP contribution in [-0.2, 0) is 9.47 Å². The minimum absolute atomic E-state index is 0.223. The number of allylic oxidation sites excluding steroid dienone is 1. The summed E-state index contributed by atoms with van der Waals surface area (Å²) in [6.45, 7) is 0.447. The van der Waals surface area contributed by atoms with Crippen LogP contribution in [0.4, 0.5) is 0 Å². The molecule has 0 saturated heterocycles. The van der Waals surface area contributed by atoms with Gasteiger partial charge in [-0.15, -0.1) is 0 Å². The lowest BCUT2D eigenvalue weighted by Crippen LogP contribution is -2.05. The zero-order valence-electron chi connectivity index (χ0n) is 11.9. The molecule has 0 aromatic heterocycles. The largest absolute Gasteiger partial charge is 0.467 e. The second-order valence-corrected chi connectivity index (χ2v) is 5.44. The highest BCUT2D eigenvalue weighted by Crippen LogP contribution is 2.34. The molecule has 0 bridgehead atoms. The molecule has 0 saturated carbocycles. The second kappa shape index (κ2) is 8.19. The van der Waals surface area contributed by atoms with Gasteiger partial charge in [0.05, 0.1) is 0 Å². The molecule has 0 spiro atoms. The Balaban J connectivity index is 2.22. The number of hydrogen-bond donors (Lipinski definition) is 0. The van der Waals surface area contributed by atoms with Crippen molar-refractivity contribution in [1.82, 2.24) is 0 Å². The van der Waals surface area contributed by atoms with E-state index < -0.39 is 0 Å². The van der Waals surface area contributed by atoms with Crippen LogP contribution < -0.4 is 9.47 Å². The van der Waals surface area contributed by atoms with Crippen molar-refractivity contribution in [3.05, 3.63) is 29.8 Å². The Bertz CT molecular complexity index is 459. The molecular formula is C15H20O4S. The first-order valence-electron chi connectivity index (χ1n) is 6.50. The minimum Gasteiger partial charge on any atom is -0.467 e. The standard InChI is InChI=1S/C15H20O4S/c1-16-10-18-13-5-6-14(12-4-3-7-20-9-12)15(8-13)19-11-17-2/h4-6,8H,3,7,9-11H2,1-2H3. The molecule has 20 heavy (non-hydrogen) atoms. The number of methoxy groups -OCH3 is 2. The third-order valence-corrected chi connectivity index (χ3v) is 3.92. The fourth-order valence-corrected chi connectivity index (χ4v) is 2.89. The van der Waals surface area contributed by atoms with Gasteiger partial charge in [-0.3, -0.25) is 0 Å². The summed E-state index contributed by atoms with van der Waals surface area (Å²) in [5.74, 6) is 3.72. The average molecular weight is 296 g/mol. The van der Waals surface area contributed by atoms with Gasteiger partial charge in [0, 0.05) is 31.6 Å². The van der Waals surface area contributed by atoms with Gasteiger partial charge in [-0.05, 0) is 29.9 Å². The molecule has 1 aliphatic heterocycles. The van der Waals surface area contributed by atoms with Gasteiger partial charge >= 0.3 is 0 Å². The van der Waals surface area contributed by atoms with Gasteiger partial charge in [0.1, 0.15) is 11.5 Å². The van der Waals surface area contributed by atoms with E-state index in [0.29, 0.717) is 0 Å². The van der Waals surface area contributed by atoms with E-state index in [1.807, 2.05) is 30.0 Å². The maximum Gasteiger partial charge on any atom is 0.188 e. The zero-order valence-corrected chi connectivity index (χ0v) is 12.7. The Morgan fingerprint density at radius 3 is 2.60 bits per heavy atom. The molecule has 4 nitrogen and oxygen atoms in total. The molecule has 1 aliphatic rings. The minimum atomic E-state index is 0.223. The summed E-state index contributed by atoms with van der Waals surface area (Å²) < 4.78 is 21.0. The zero-order chi connectivity index (χ0) is 14.2. The fraction of sp³-hybridized carbons (Fsp3) is 0.467. The average Bonchev–Trinajstić information content (AvgIpc) is 2.51. The molecule has 0 amide bonds. The first kappa shape index (κ1) is 15.2. The smallest absolute Gasteiger partial charge is 0.188 e. The molecule has 0 aliphatic carbocycles. The van der Waals surface area contributed by atoms with Crippen LogP contribution in [0.2, 0.25) is 0 Å². The Hall–Kier alpha value is -1.17. The van der Waals surface area contributed by atoms with Crippen LogP contribution >= 0.6 is 11.8 Å². The SMILES string of the molecule is COCOc1ccc(C2=CCCSC2)c(OCOC)c1. The number of ether oxygens (including phenoxy) is 4. The summed E-state index contributed by atoms with van der Waals surface area (Å²) >= 11 is 1.94. The first-order valence-corrected chi connectivity index (χ1v) is 7.65. The van der Waals surface area contributed by atoms with Crippen molar-refractivity contribution in [3.8, 4) is 11.5 Å². The van der Waals surface area contributed by atoms with Gasteiger partial charge in [-0.25, -0.2) is 0 Å². The lowest BCUT2D eigenvalue weighted by molar-refractivity contribution is 0.0459. The van der Waals surface area contributed by atoms with Crippen LogP contribution in [0.25, 0.3) is 5.57 Å². The van der Waals surface area contributed by atoms with Crippen LogP contribution in [0.15, 0.2) is 24.3 Å². The summed E-state index contributed by atoms with van der Waals surface area (Å²) in [7, 11) is 3.21. The highest BCUT2D eigenvalue weighted by molar-refractivity contribution is 7.99. The Labute approximate surface area is 124 Å². The van der Waals surface area contributed by atoms with Crippen molar-refractivity contribution in [2.24, 2.45) is 0 Å². The van der Waals surface area contributed by atoms with E-state index in [-0.39, 0.29) is 13.6 Å². The molecule has 0 radical (unpaired) electrons. The predicted octanol–water partition coefficient (Wildman–Crippen LogP) is 3.17. The predicted molar refractivity (Wildman–Crippen MR) is 81.4 cm³/mol. The summed E-state index contributed by atoms with van der Waals surface area (Å²) in [5, 5.41) is 0. The normalized spacial score (nSPS) is 14.8. The molecule has 2 rings (SSSR count). The van der Waals surface area contributed by atoms with Crippen molar-refractivity contribution in [3.63, 3.8) is 0 Å². The lowest BCUT2D eigenvalue weighted by Gasteiger charge is -2.17. The molecular weight excluding hydrogens is 276 g/mol. The van der Waals surface area contributed by atoms with Gasteiger partial charge in [-0.2, -0.15) is 11.8 Å². The summed E-state index contributed by atoms with van der Waals surface area (Å²) in [6.07, 6.45) is 3.38. The van der Waals surface area contributed by atoms with Crippen LogP contribution in [0, 0.1) is 0 Å². The molecule has 1 aromatic carbocycles. The van der Waals surface area contributed by atoms with Crippen LogP contribution in [0.5, 0.6) is 11.5 Å². The number of benzene rings is 1. The van der Waals surface area contributed by atoms with Gasteiger partial charge in [0.15, 0.2) is 13.6 Å². The molecule has 0 N–H and O–H groups in total. The number of hydrogen-bond acceptors (Lipinski definition) is 5. The Kier molecular flexibility index (Phi) is 6.24. The van der Waals surface area contributed by atoms with Crippen LogP contribution in [0.3, 0.4) is 0 Å². The van der Waals surface area contributed by atoms with Crippen LogP contribution in [-0.4, -0.2) is 39.3 Å². The topological polar surface area (TPSA) is 36.9 Å². The highest BCUT2D eigenvalue weighted by Gasteiger charge is 2.13. The maximum absolute atomic E-state index is 5.67. The molecule has 5 heteroatoms. The summed E-state index contributed by atoms with van der Waals surface area (Å²) in [4.78, 5) is 0. The molecule has 110 valence electrons. The van der Waals surface area contributed by atoms with E-state index in [0.717, 1.165) is 29.2 Å². The monoisotopic (exact) mass is 296 g/mol. The van der Waals surface area contributed by atoms with Gasteiger partial charge in [0.25, 0.3) is 0 Å². The Morgan fingerprint density at radius 2 is 1.90 bits per heavy atom. The van der Waals surface area contributed by atoms with E-state index in [9.17, 15) is 0 Å². The third kappa shape index (κ3) is 4.16. The van der Waals surface area contributed by atoms with E-state index in [1.165, 1.54) is 11.3 Å². The molecule has 0 atom stereocenters. The number of rotatable bonds is 7. The lowest BCUT2D eigenvalue weighted by atomic mass is 10.0. The van der Waals surface area contributed by atoms with Gasteiger partial charge in [-0.1, -0.05) is 6.08 Å². The highest BCUT2D eigenvalue weighted by atomic mass is 32.2. The van der Waals surface area contributed by atoms with Gasteiger partial charge in [0.2, 0.25) is 0 Å². The summed E-state index contributed by atoms with van der Waals surface area (Å²) in [5.41, 5.74) is 2.42.